The van der Waals surface area contributed by atoms with E-state index < -0.39 is 0 Å². The van der Waals surface area contributed by atoms with Crippen molar-refractivity contribution < 1.29 is 4.79 Å². The van der Waals surface area contributed by atoms with Crippen LogP contribution >= 0.6 is 11.3 Å². The first-order valence-corrected chi connectivity index (χ1v) is 9.24. The summed E-state index contributed by atoms with van der Waals surface area (Å²) in [5.41, 5.74) is 4.55. The van der Waals surface area contributed by atoms with Crippen LogP contribution < -0.4 is 10.6 Å². The number of benzene rings is 1. The molecule has 1 unspecified atom stereocenters. The summed E-state index contributed by atoms with van der Waals surface area (Å²) in [5.74, 6) is 0.975. The van der Waals surface area contributed by atoms with E-state index in [0.29, 0.717) is 6.42 Å². The number of fused-ring (bicyclic) bond motifs is 2. The van der Waals surface area contributed by atoms with Gasteiger partial charge in [0.2, 0.25) is 5.91 Å². The maximum atomic E-state index is 11.5. The second kappa shape index (κ2) is 6.11. The molecule has 3 heterocycles. The van der Waals surface area contributed by atoms with Crippen LogP contribution in [0.25, 0.3) is 10.2 Å². The monoisotopic (exact) mass is 352 g/mol. The van der Waals surface area contributed by atoms with Crippen LogP contribution in [0.15, 0.2) is 24.5 Å². The molecular weight excluding hydrogens is 332 g/mol. The number of thiophene rings is 1. The summed E-state index contributed by atoms with van der Waals surface area (Å²) in [4.78, 5) is 22.7. The first kappa shape index (κ1) is 16.0. The van der Waals surface area contributed by atoms with Crippen molar-refractivity contribution >= 4 is 39.0 Å². The van der Waals surface area contributed by atoms with Crippen LogP contribution in [-0.2, 0) is 11.2 Å². The van der Waals surface area contributed by atoms with Gasteiger partial charge in [0.05, 0.1) is 5.39 Å². The van der Waals surface area contributed by atoms with E-state index in [-0.39, 0.29) is 11.9 Å². The van der Waals surface area contributed by atoms with E-state index in [2.05, 4.69) is 53.5 Å². The number of nitrogens with one attached hydrogen (secondary N) is 2. The maximum Gasteiger partial charge on any atom is 0.224 e. The van der Waals surface area contributed by atoms with E-state index in [4.69, 9.17) is 0 Å². The topological polar surface area (TPSA) is 66.9 Å². The van der Waals surface area contributed by atoms with Gasteiger partial charge in [-0.25, -0.2) is 9.97 Å². The minimum absolute atomic E-state index is 0.0955. The van der Waals surface area contributed by atoms with Crippen LogP contribution in [0.1, 0.15) is 41.0 Å². The van der Waals surface area contributed by atoms with Gasteiger partial charge >= 0.3 is 0 Å². The lowest BCUT2D eigenvalue weighted by Gasteiger charge is -2.21. The highest BCUT2D eigenvalue weighted by atomic mass is 32.1. The van der Waals surface area contributed by atoms with Gasteiger partial charge in [0.15, 0.2) is 0 Å². The van der Waals surface area contributed by atoms with Crippen LogP contribution in [0.3, 0.4) is 0 Å². The second-order valence-electron chi connectivity index (χ2n) is 6.52. The molecule has 3 aromatic rings. The molecule has 0 saturated carbocycles. The molecule has 25 heavy (non-hydrogen) atoms. The molecule has 6 heteroatoms. The molecule has 0 radical (unpaired) electrons. The Labute approximate surface area is 150 Å². The number of aryl methyl sites for hydroxylation is 3. The van der Waals surface area contributed by atoms with Gasteiger partial charge in [-0.3, -0.25) is 4.79 Å². The fourth-order valence-electron chi connectivity index (χ4n) is 3.25. The van der Waals surface area contributed by atoms with Crippen molar-refractivity contribution in [2.24, 2.45) is 0 Å². The SMILES string of the molecule is Cc1sc2ncnc(NC(C)c3ccc4c(c3)CCC(=O)N4)c2c1C. The number of aromatic nitrogens is 2. The molecule has 0 saturated heterocycles. The molecule has 1 aliphatic heterocycles. The number of carbonyl (C=O) groups excluding carboxylic acids is 1. The van der Waals surface area contributed by atoms with Gasteiger partial charge in [-0.2, -0.15) is 0 Å². The van der Waals surface area contributed by atoms with E-state index in [9.17, 15) is 4.79 Å². The van der Waals surface area contributed by atoms with E-state index >= 15 is 0 Å². The summed E-state index contributed by atoms with van der Waals surface area (Å²) >= 11 is 1.70. The number of hydrogen-bond donors (Lipinski definition) is 2. The Morgan fingerprint density at radius 2 is 2.08 bits per heavy atom. The molecule has 0 spiro atoms. The first-order valence-electron chi connectivity index (χ1n) is 8.43. The number of rotatable bonds is 3. The first-order chi connectivity index (χ1) is 12.0. The zero-order valence-corrected chi connectivity index (χ0v) is 15.3. The molecule has 1 atom stereocenters. The maximum absolute atomic E-state index is 11.5. The Balaban J connectivity index is 1.65. The van der Waals surface area contributed by atoms with E-state index in [1.165, 1.54) is 21.6 Å². The van der Waals surface area contributed by atoms with Gasteiger partial charge < -0.3 is 10.6 Å². The van der Waals surface area contributed by atoms with Crippen molar-refractivity contribution in [3.05, 3.63) is 46.1 Å². The lowest BCUT2D eigenvalue weighted by molar-refractivity contribution is -0.116. The van der Waals surface area contributed by atoms with E-state index in [0.717, 1.165) is 28.1 Å². The molecular formula is C19H20N4OS. The number of amides is 1. The Kier molecular flexibility index (Phi) is 3.92. The zero-order chi connectivity index (χ0) is 17.6. The summed E-state index contributed by atoms with van der Waals surface area (Å²) in [6.07, 6.45) is 2.97. The van der Waals surface area contributed by atoms with Crippen LogP contribution in [0.2, 0.25) is 0 Å². The van der Waals surface area contributed by atoms with Gasteiger partial charge in [-0.15, -0.1) is 11.3 Å². The Bertz CT molecular complexity index is 979. The smallest absolute Gasteiger partial charge is 0.224 e. The third-order valence-corrected chi connectivity index (χ3v) is 5.96. The quantitative estimate of drug-likeness (QED) is 0.735. The lowest BCUT2D eigenvalue weighted by Crippen LogP contribution is -2.19. The highest BCUT2D eigenvalue weighted by Crippen LogP contribution is 2.34. The molecule has 2 aromatic heterocycles. The Morgan fingerprint density at radius 1 is 1.24 bits per heavy atom. The summed E-state index contributed by atoms with van der Waals surface area (Å²) in [6, 6.07) is 6.35. The molecule has 2 N–H and O–H groups in total. The van der Waals surface area contributed by atoms with Crippen LogP contribution in [0, 0.1) is 13.8 Å². The molecule has 128 valence electrons. The largest absolute Gasteiger partial charge is 0.363 e. The Morgan fingerprint density at radius 3 is 2.92 bits per heavy atom. The molecule has 1 amide bonds. The third kappa shape index (κ3) is 2.87. The molecule has 0 bridgehead atoms. The predicted octanol–water partition coefficient (Wildman–Crippen LogP) is 4.37. The minimum atomic E-state index is 0.0955. The molecule has 0 fully saturated rings. The van der Waals surface area contributed by atoms with E-state index in [1.807, 2.05) is 6.07 Å². The fraction of sp³-hybridized carbons (Fsp3) is 0.316. The van der Waals surface area contributed by atoms with E-state index in [1.54, 1.807) is 17.7 Å². The van der Waals surface area contributed by atoms with Crippen molar-refractivity contribution in [1.29, 1.82) is 0 Å². The van der Waals surface area contributed by atoms with Crippen LogP contribution in [-0.4, -0.2) is 15.9 Å². The molecule has 4 rings (SSSR count). The van der Waals surface area contributed by atoms with Gasteiger partial charge in [0.25, 0.3) is 0 Å². The molecule has 5 nitrogen and oxygen atoms in total. The zero-order valence-electron chi connectivity index (χ0n) is 14.5. The second-order valence-corrected chi connectivity index (χ2v) is 7.72. The number of hydrogen-bond acceptors (Lipinski definition) is 5. The molecule has 1 aliphatic rings. The third-order valence-electron chi connectivity index (χ3n) is 4.84. The number of nitrogens with zero attached hydrogens (tertiary/aromatic N) is 2. The fourth-order valence-corrected chi connectivity index (χ4v) is 4.25. The van der Waals surface area contributed by atoms with Gasteiger partial charge in [-0.1, -0.05) is 12.1 Å². The van der Waals surface area contributed by atoms with Crippen molar-refractivity contribution in [3.63, 3.8) is 0 Å². The summed E-state index contributed by atoms with van der Waals surface area (Å²) in [5, 5.41) is 7.58. The summed E-state index contributed by atoms with van der Waals surface area (Å²) in [7, 11) is 0. The highest BCUT2D eigenvalue weighted by Gasteiger charge is 2.18. The van der Waals surface area contributed by atoms with Crippen molar-refractivity contribution in [2.75, 3.05) is 10.6 Å². The van der Waals surface area contributed by atoms with Gasteiger partial charge in [0.1, 0.15) is 17.0 Å². The number of carbonyl (C=O) groups is 1. The Hall–Kier alpha value is -2.47. The molecule has 1 aromatic carbocycles. The molecule has 0 aliphatic carbocycles. The minimum Gasteiger partial charge on any atom is -0.363 e. The summed E-state index contributed by atoms with van der Waals surface area (Å²) < 4.78 is 0. The van der Waals surface area contributed by atoms with Gasteiger partial charge in [-0.05, 0) is 49.9 Å². The average Bonchev–Trinajstić information content (AvgIpc) is 2.89. The predicted molar refractivity (Wildman–Crippen MR) is 102 cm³/mol. The van der Waals surface area contributed by atoms with Crippen LogP contribution in [0.4, 0.5) is 11.5 Å². The van der Waals surface area contributed by atoms with Crippen molar-refractivity contribution in [2.45, 2.75) is 39.7 Å². The highest BCUT2D eigenvalue weighted by molar-refractivity contribution is 7.18. The standard InChI is InChI=1S/C19H20N4OS/c1-10-12(3)25-19-17(10)18(20-9-21-19)22-11(2)13-4-6-15-14(8-13)5-7-16(24)23-15/h4,6,8-9,11H,5,7H2,1-3H3,(H,23,24)(H,20,21,22). The lowest BCUT2D eigenvalue weighted by atomic mass is 9.98. The van der Waals surface area contributed by atoms with Crippen LogP contribution in [0.5, 0.6) is 0 Å². The van der Waals surface area contributed by atoms with Crippen molar-refractivity contribution in [3.8, 4) is 0 Å². The normalized spacial score (nSPS) is 14.9. The van der Waals surface area contributed by atoms with Gasteiger partial charge in [0, 0.05) is 23.0 Å². The number of anilines is 2. The van der Waals surface area contributed by atoms with Crippen molar-refractivity contribution in [1.82, 2.24) is 9.97 Å². The summed E-state index contributed by atoms with van der Waals surface area (Å²) in [6.45, 7) is 6.37. The average molecular weight is 352 g/mol.